The van der Waals surface area contributed by atoms with E-state index >= 15 is 0 Å². The Morgan fingerprint density at radius 1 is 1.57 bits per heavy atom. The molecule has 76 valence electrons. The minimum absolute atomic E-state index is 0.110. The van der Waals surface area contributed by atoms with E-state index in [1.165, 1.54) is 0 Å². The summed E-state index contributed by atoms with van der Waals surface area (Å²) in [6.45, 7) is 0.820. The molecule has 1 N–H and O–H groups in total. The van der Waals surface area contributed by atoms with Gasteiger partial charge in [-0.15, -0.1) is 0 Å². The molecule has 1 atom stereocenters. The number of nitrogens with one attached hydrogen (secondary N) is 1. The molecule has 5 nitrogen and oxygen atoms in total. The summed E-state index contributed by atoms with van der Waals surface area (Å²) in [6, 6.07) is -0.110. The Morgan fingerprint density at radius 2 is 2.36 bits per heavy atom. The molecule has 0 aromatic carbocycles. The van der Waals surface area contributed by atoms with Crippen molar-refractivity contribution in [2.45, 2.75) is 12.5 Å². The Hall–Kier alpha value is -1.52. The van der Waals surface area contributed by atoms with Crippen LogP contribution in [-0.2, 0) is 11.8 Å². The van der Waals surface area contributed by atoms with Crippen LogP contribution in [0, 0.1) is 0 Å². The van der Waals surface area contributed by atoms with Crippen LogP contribution in [0.2, 0.25) is 0 Å². The van der Waals surface area contributed by atoms with Crippen LogP contribution in [0.1, 0.15) is 6.42 Å². The standard InChI is InChI=1S/C9H14N4O/c1-12-5-3-7(8(12)14)11-9-10-4-6-13(9)2/h4,6-7H,3,5H2,1-2H3,(H,10,11). The summed E-state index contributed by atoms with van der Waals surface area (Å²) in [5.41, 5.74) is 0. The van der Waals surface area contributed by atoms with Gasteiger partial charge in [0.2, 0.25) is 11.9 Å². The molecule has 14 heavy (non-hydrogen) atoms. The second kappa shape index (κ2) is 3.32. The van der Waals surface area contributed by atoms with Gasteiger partial charge in [-0.2, -0.15) is 0 Å². The zero-order chi connectivity index (χ0) is 10.1. The van der Waals surface area contributed by atoms with Gasteiger partial charge >= 0.3 is 0 Å². The molecule has 1 aliphatic heterocycles. The Balaban J connectivity index is 2.06. The lowest BCUT2D eigenvalue weighted by Crippen LogP contribution is -2.31. The van der Waals surface area contributed by atoms with Gasteiger partial charge in [-0.1, -0.05) is 0 Å². The number of rotatable bonds is 2. The van der Waals surface area contributed by atoms with E-state index in [1.54, 1.807) is 11.1 Å². The molecular formula is C9H14N4O. The number of carbonyl (C=O) groups excluding carboxylic acids is 1. The smallest absolute Gasteiger partial charge is 0.244 e. The summed E-state index contributed by atoms with van der Waals surface area (Å²) in [6.07, 6.45) is 4.42. The number of carbonyl (C=O) groups is 1. The Kier molecular flexibility index (Phi) is 2.15. The minimum Gasteiger partial charge on any atom is -0.344 e. The third-order valence-electron chi connectivity index (χ3n) is 2.55. The minimum atomic E-state index is -0.110. The Bertz CT molecular complexity index is 346. The van der Waals surface area contributed by atoms with Gasteiger partial charge in [0.05, 0.1) is 0 Å². The van der Waals surface area contributed by atoms with Crippen molar-refractivity contribution >= 4 is 11.9 Å². The normalized spacial score (nSPS) is 21.7. The van der Waals surface area contributed by atoms with E-state index in [2.05, 4.69) is 10.3 Å². The molecule has 0 bridgehead atoms. The van der Waals surface area contributed by atoms with Gasteiger partial charge in [-0.3, -0.25) is 4.79 Å². The lowest BCUT2D eigenvalue weighted by Gasteiger charge is -2.12. The first kappa shape index (κ1) is 9.05. The van der Waals surface area contributed by atoms with Gasteiger partial charge in [0.15, 0.2) is 0 Å². The van der Waals surface area contributed by atoms with Crippen LogP contribution in [0.5, 0.6) is 0 Å². The average Bonchev–Trinajstić information content (AvgIpc) is 2.68. The third-order valence-corrected chi connectivity index (χ3v) is 2.55. The van der Waals surface area contributed by atoms with E-state index in [-0.39, 0.29) is 11.9 Å². The van der Waals surface area contributed by atoms with Crippen LogP contribution >= 0.6 is 0 Å². The number of aromatic nitrogens is 2. The predicted molar refractivity (Wildman–Crippen MR) is 52.9 cm³/mol. The fourth-order valence-electron chi connectivity index (χ4n) is 1.62. The van der Waals surface area contributed by atoms with Crippen molar-refractivity contribution in [1.82, 2.24) is 14.5 Å². The van der Waals surface area contributed by atoms with E-state index in [9.17, 15) is 4.79 Å². The molecule has 1 aromatic rings. The largest absolute Gasteiger partial charge is 0.344 e. The van der Waals surface area contributed by atoms with Crippen LogP contribution < -0.4 is 5.32 Å². The predicted octanol–water partition coefficient (Wildman–Crippen LogP) is 0.0627. The van der Waals surface area contributed by atoms with Gasteiger partial charge in [-0.05, 0) is 6.42 Å². The highest BCUT2D eigenvalue weighted by atomic mass is 16.2. The summed E-state index contributed by atoms with van der Waals surface area (Å²) in [5, 5.41) is 3.13. The van der Waals surface area contributed by atoms with Crippen LogP contribution in [0.3, 0.4) is 0 Å². The fraction of sp³-hybridized carbons (Fsp3) is 0.556. The topological polar surface area (TPSA) is 50.2 Å². The first-order valence-electron chi connectivity index (χ1n) is 4.67. The Morgan fingerprint density at radius 3 is 2.86 bits per heavy atom. The highest BCUT2D eigenvalue weighted by molar-refractivity contribution is 5.86. The van der Waals surface area contributed by atoms with Gasteiger partial charge in [0, 0.05) is 33.0 Å². The molecule has 0 saturated carbocycles. The van der Waals surface area contributed by atoms with Crippen molar-refractivity contribution in [3.8, 4) is 0 Å². The molecule has 1 amide bonds. The van der Waals surface area contributed by atoms with E-state index in [1.807, 2.05) is 24.9 Å². The maximum absolute atomic E-state index is 11.6. The number of imidazole rings is 1. The second-order valence-electron chi connectivity index (χ2n) is 3.61. The molecular weight excluding hydrogens is 180 g/mol. The van der Waals surface area contributed by atoms with Crippen LogP contribution in [-0.4, -0.2) is 40.0 Å². The van der Waals surface area contributed by atoms with E-state index in [0.29, 0.717) is 0 Å². The van der Waals surface area contributed by atoms with E-state index in [0.717, 1.165) is 18.9 Å². The third kappa shape index (κ3) is 1.45. The van der Waals surface area contributed by atoms with Gasteiger partial charge in [0.1, 0.15) is 6.04 Å². The van der Waals surface area contributed by atoms with E-state index < -0.39 is 0 Å². The highest BCUT2D eigenvalue weighted by Gasteiger charge is 2.29. The Labute approximate surface area is 82.7 Å². The number of nitrogens with zero attached hydrogens (tertiary/aromatic N) is 3. The first-order valence-corrected chi connectivity index (χ1v) is 4.67. The maximum atomic E-state index is 11.6. The SMILES string of the molecule is CN1CCC(Nc2nccn2C)C1=O. The van der Waals surface area contributed by atoms with Crippen molar-refractivity contribution in [1.29, 1.82) is 0 Å². The molecule has 0 spiro atoms. The number of amides is 1. The number of likely N-dealkylation sites (N-methyl/N-ethyl adjacent to an activating group) is 1. The van der Waals surface area contributed by atoms with E-state index in [4.69, 9.17) is 0 Å². The monoisotopic (exact) mass is 194 g/mol. The molecule has 2 rings (SSSR count). The first-order chi connectivity index (χ1) is 6.68. The molecule has 1 aromatic heterocycles. The van der Waals surface area contributed by atoms with Gasteiger partial charge in [0.25, 0.3) is 0 Å². The van der Waals surface area contributed by atoms with Crippen molar-refractivity contribution in [2.75, 3.05) is 18.9 Å². The molecule has 0 aliphatic carbocycles. The number of hydrogen-bond donors (Lipinski definition) is 1. The number of aryl methyl sites for hydroxylation is 1. The molecule has 0 radical (unpaired) electrons. The number of likely N-dealkylation sites (tertiary alicyclic amines) is 1. The maximum Gasteiger partial charge on any atom is 0.244 e. The number of anilines is 1. The lowest BCUT2D eigenvalue weighted by molar-refractivity contribution is -0.127. The lowest BCUT2D eigenvalue weighted by atomic mass is 10.2. The van der Waals surface area contributed by atoms with Gasteiger partial charge in [-0.25, -0.2) is 4.98 Å². The van der Waals surface area contributed by atoms with Crippen LogP contribution in [0.25, 0.3) is 0 Å². The van der Waals surface area contributed by atoms with Crippen LogP contribution in [0.15, 0.2) is 12.4 Å². The molecule has 1 unspecified atom stereocenters. The zero-order valence-electron chi connectivity index (χ0n) is 8.40. The molecule has 1 fully saturated rings. The van der Waals surface area contributed by atoms with Crippen LogP contribution in [0.4, 0.5) is 5.95 Å². The summed E-state index contributed by atoms with van der Waals surface area (Å²) in [7, 11) is 3.72. The second-order valence-corrected chi connectivity index (χ2v) is 3.61. The summed E-state index contributed by atoms with van der Waals surface area (Å²) in [5.74, 6) is 0.895. The highest BCUT2D eigenvalue weighted by Crippen LogP contribution is 2.13. The summed E-state index contributed by atoms with van der Waals surface area (Å²) in [4.78, 5) is 17.4. The molecule has 5 heteroatoms. The molecule has 2 heterocycles. The number of hydrogen-bond acceptors (Lipinski definition) is 3. The van der Waals surface area contributed by atoms with Gasteiger partial charge < -0.3 is 14.8 Å². The fourth-order valence-corrected chi connectivity index (χ4v) is 1.62. The van der Waals surface area contributed by atoms with Crippen molar-refractivity contribution < 1.29 is 4.79 Å². The zero-order valence-corrected chi connectivity index (χ0v) is 8.40. The van der Waals surface area contributed by atoms with Crippen molar-refractivity contribution in [2.24, 2.45) is 7.05 Å². The molecule has 1 saturated heterocycles. The summed E-state index contributed by atoms with van der Waals surface area (Å²) >= 11 is 0. The summed E-state index contributed by atoms with van der Waals surface area (Å²) < 4.78 is 1.87. The average molecular weight is 194 g/mol. The molecule has 1 aliphatic rings. The quantitative estimate of drug-likeness (QED) is 0.724. The van der Waals surface area contributed by atoms with Crippen molar-refractivity contribution in [3.63, 3.8) is 0 Å². The van der Waals surface area contributed by atoms with Crippen molar-refractivity contribution in [3.05, 3.63) is 12.4 Å².